The lowest BCUT2D eigenvalue weighted by Gasteiger charge is -1.95. The Labute approximate surface area is 87.7 Å². The van der Waals surface area contributed by atoms with Crippen molar-refractivity contribution in [2.75, 3.05) is 6.54 Å². The topological polar surface area (TPSA) is 51.8 Å². The van der Waals surface area contributed by atoms with Gasteiger partial charge in [-0.15, -0.1) is 21.5 Å². The molecule has 0 aromatic carbocycles. The molecule has 2 unspecified atom stereocenters. The van der Waals surface area contributed by atoms with Crippen molar-refractivity contribution in [3.05, 3.63) is 10.0 Å². The maximum atomic E-state index is 5.49. The highest BCUT2D eigenvalue weighted by Gasteiger charge is 2.54. The summed E-state index contributed by atoms with van der Waals surface area (Å²) in [6.45, 7) is 0.687. The number of nitrogens with zero attached hydrogens (tertiary/aromatic N) is 2. The Morgan fingerprint density at radius 2 is 2.07 bits per heavy atom. The molecule has 0 aliphatic heterocycles. The van der Waals surface area contributed by atoms with E-state index in [4.69, 9.17) is 5.73 Å². The molecule has 0 bridgehead atoms. The van der Waals surface area contributed by atoms with Gasteiger partial charge in [0.15, 0.2) is 0 Å². The van der Waals surface area contributed by atoms with Gasteiger partial charge in [0, 0.05) is 12.3 Å². The van der Waals surface area contributed by atoms with Gasteiger partial charge in [-0.1, -0.05) is 6.42 Å². The van der Waals surface area contributed by atoms with Crippen LogP contribution in [-0.2, 0) is 6.42 Å². The van der Waals surface area contributed by atoms with Crippen LogP contribution in [0.5, 0.6) is 0 Å². The number of rotatable bonds is 3. The lowest BCUT2D eigenvalue weighted by molar-refractivity contribution is 0.674. The SMILES string of the molecule is NCCc1nnc(C2C3CCCC32)s1. The normalized spacial score (nSPS) is 34.5. The van der Waals surface area contributed by atoms with E-state index in [-0.39, 0.29) is 0 Å². The molecule has 76 valence electrons. The molecule has 14 heavy (non-hydrogen) atoms. The van der Waals surface area contributed by atoms with Gasteiger partial charge in [0.25, 0.3) is 0 Å². The highest BCUT2D eigenvalue weighted by molar-refractivity contribution is 7.11. The van der Waals surface area contributed by atoms with Gasteiger partial charge in [0.1, 0.15) is 10.0 Å². The van der Waals surface area contributed by atoms with Crippen LogP contribution in [0.15, 0.2) is 0 Å². The Bertz CT molecular complexity index is 326. The molecule has 2 aliphatic carbocycles. The summed E-state index contributed by atoms with van der Waals surface area (Å²) < 4.78 is 0. The monoisotopic (exact) mass is 209 g/mol. The first-order valence-corrected chi connectivity index (χ1v) is 6.24. The fraction of sp³-hybridized carbons (Fsp3) is 0.800. The Kier molecular flexibility index (Phi) is 2.06. The van der Waals surface area contributed by atoms with Gasteiger partial charge >= 0.3 is 0 Å². The standard InChI is InChI=1S/C10H15N3S/c11-5-4-8-12-13-10(14-8)9-6-2-1-3-7(6)9/h6-7,9H,1-5,11H2. The van der Waals surface area contributed by atoms with Gasteiger partial charge in [-0.05, 0) is 31.2 Å². The molecule has 2 saturated carbocycles. The van der Waals surface area contributed by atoms with E-state index >= 15 is 0 Å². The Hall–Kier alpha value is -0.480. The second-order valence-electron chi connectivity index (χ2n) is 4.36. The molecule has 0 saturated heterocycles. The van der Waals surface area contributed by atoms with Crippen LogP contribution in [0.1, 0.15) is 35.2 Å². The van der Waals surface area contributed by atoms with Gasteiger partial charge in [0.05, 0.1) is 0 Å². The molecule has 1 aromatic heterocycles. The van der Waals surface area contributed by atoms with Crippen molar-refractivity contribution in [3.8, 4) is 0 Å². The Morgan fingerprint density at radius 3 is 2.79 bits per heavy atom. The minimum Gasteiger partial charge on any atom is -0.330 e. The molecule has 2 aliphatic rings. The first-order valence-electron chi connectivity index (χ1n) is 5.42. The van der Waals surface area contributed by atoms with Crippen LogP contribution in [0.4, 0.5) is 0 Å². The third-order valence-electron chi connectivity index (χ3n) is 3.53. The van der Waals surface area contributed by atoms with Crippen molar-refractivity contribution < 1.29 is 0 Å². The predicted molar refractivity (Wildman–Crippen MR) is 56.2 cm³/mol. The van der Waals surface area contributed by atoms with E-state index in [9.17, 15) is 0 Å². The second kappa shape index (κ2) is 3.28. The van der Waals surface area contributed by atoms with Crippen LogP contribution < -0.4 is 5.73 Å². The summed E-state index contributed by atoms with van der Waals surface area (Å²) in [4.78, 5) is 0. The number of nitrogens with two attached hydrogens (primary N) is 1. The lowest BCUT2D eigenvalue weighted by Crippen LogP contribution is -2.01. The van der Waals surface area contributed by atoms with E-state index in [0.29, 0.717) is 6.54 Å². The Morgan fingerprint density at radius 1 is 1.29 bits per heavy atom. The molecule has 1 heterocycles. The van der Waals surface area contributed by atoms with E-state index in [1.165, 1.54) is 24.3 Å². The first kappa shape index (κ1) is 8.80. The lowest BCUT2D eigenvalue weighted by atomic mass is 10.2. The van der Waals surface area contributed by atoms with Gasteiger partial charge in [-0.3, -0.25) is 0 Å². The quantitative estimate of drug-likeness (QED) is 0.821. The van der Waals surface area contributed by atoms with Crippen molar-refractivity contribution in [1.82, 2.24) is 10.2 Å². The summed E-state index contributed by atoms with van der Waals surface area (Å²) in [5, 5.41) is 10.9. The number of fused-ring (bicyclic) bond motifs is 1. The molecule has 2 fully saturated rings. The molecule has 0 radical (unpaired) electrons. The predicted octanol–water partition coefficient (Wildman–Crippen LogP) is 1.55. The third-order valence-corrected chi connectivity index (χ3v) is 4.62. The van der Waals surface area contributed by atoms with Gasteiger partial charge < -0.3 is 5.73 Å². The van der Waals surface area contributed by atoms with Crippen LogP contribution in [0.3, 0.4) is 0 Å². The minimum atomic E-state index is 0.687. The molecule has 3 rings (SSSR count). The molecule has 0 amide bonds. The molecule has 3 nitrogen and oxygen atoms in total. The molecule has 4 heteroatoms. The van der Waals surface area contributed by atoms with Crippen LogP contribution in [0, 0.1) is 11.8 Å². The largest absolute Gasteiger partial charge is 0.330 e. The third kappa shape index (κ3) is 1.28. The van der Waals surface area contributed by atoms with Crippen LogP contribution in [-0.4, -0.2) is 16.7 Å². The first-order chi connectivity index (χ1) is 6.90. The van der Waals surface area contributed by atoms with E-state index in [1.807, 2.05) is 0 Å². The molecular weight excluding hydrogens is 194 g/mol. The Balaban J connectivity index is 1.72. The summed E-state index contributed by atoms with van der Waals surface area (Å²) in [6.07, 6.45) is 5.16. The van der Waals surface area contributed by atoms with Crippen molar-refractivity contribution in [2.45, 2.75) is 31.6 Å². The van der Waals surface area contributed by atoms with Crippen molar-refractivity contribution in [1.29, 1.82) is 0 Å². The summed E-state index contributed by atoms with van der Waals surface area (Å²) in [7, 11) is 0. The van der Waals surface area contributed by atoms with Crippen molar-refractivity contribution >= 4 is 11.3 Å². The van der Waals surface area contributed by atoms with Gasteiger partial charge in [-0.2, -0.15) is 0 Å². The van der Waals surface area contributed by atoms with Crippen LogP contribution in [0.2, 0.25) is 0 Å². The molecular formula is C10H15N3S. The zero-order valence-corrected chi connectivity index (χ0v) is 8.96. The fourth-order valence-electron chi connectivity index (χ4n) is 2.81. The van der Waals surface area contributed by atoms with E-state index < -0.39 is 0 Å². The van der Waals surface area contributed by atoms with Crippen LogP contribution in [0.25, 0.3) is 0 Å². The number of aromatic nitrogens is 2. The molecule has 2 atom stereocenters. The van der Waals surface area contributed by atoms with E-state index in [1.54, 1.807) is 11.3 Å². The van der Waals surface area contributed by atoms with Crippen molar-refractivity contribution in [2.24, 2.45) is 17.6 Å². The summed E-state index contributed by atoms with van der Waals surface area (Å²) in [5.74, 6) is 2.68. The van der Waals surface area contributed by atoms with Gasteiger partial charge in [0.2, 0.25) is 0 Å². The highest BCUT2D eigenvalue weighted by atomic mass is 32.1. The average molecular weight is 209 g/mol. The zero-order chi connectivity index (χ0) is 9.54. The minimum absolute atomic E-state index is 0.687. The summed E-state index contributed by atoms with van der Waals surface area (Å²) >= 11 is 1.78. The molecule has 0 spiro atoms. The van der Waals surface area contributed by atoms with Crippen LogP contribution >= 0.6 is 11.3 Å². The highest BCUT2D eigenvalue weighted by Crippen LogP contribution is 2.63. The van der Waals surface area contributed by atoms with E-state index in [0.717, 1.165) is 29.2 Å². The second-order valence-corrected chi connectivity index (χ2v) is 5.45. The fourth-order valence-corrected chi connectivity index (χ4v) is 3.92. The van der Waals surface area contributed by atoms with Gasteiger partial charge in [-0.25, -0.2) is 0 Å². The summed E-state index contributed by atoms with van der Waals surface area (Å²) in [6, 6.07) is 0. The number of hydrogen-bond acceptors (Lipinski definition) is 4. The van der Waals surface area contributed by atoms with E-state index in [2.05, 4.69) is 10.2 Å². The number of hydrogen-bond donors (Lipinski definition) is 1. The molecule has 2 N–H and O–H groups in total. The maximum absolute atomic E-state index is 5.49. The molecule has 1 aromatic rings. The smallest absolute Gasteiger partial charge is 0.121 e. The maximum Gasteiger partial charge on any atom is 0.121 e. The average Bonchev–Trinajstić information content (AvgIpc) is 2.63. The zero-order valence-electron chi connectivity index (χ0n) is 8.15. The summed E-state index contributed by atoms with van der Waals surface area (Å²) in [5.41, 5.74) is 5.49. The van der Waals surface area contributed by atoms with Crippen molar-refractivity contribution in [3.63, 3.8) is 0 Å².